The number of aliphatic hydroxyl groups excluding tert-OH is 1. The van der Waals surface area contributed by atoms with E-state index in [2.05, 4.69) is 6.92 Å². The summed E-state index contributed by atoms with van der Waals surface area (Å²) in [6.45, 7) is 3.12. The van der Waals surface area contributed by atoms with E-state index in [0.717, 1.165) is 25.5 Å². The van der Waals surface area contributed by atoms with Crippen LogP contribution in [-0.4, -0.2) is 56.7 Å². The highest BCUT2D eigenvalue weighted by Gasteiger charge is 2.70. The van der Waals surface area contributed by atoms with Crippen LogP contribution in [-0.2, 0) is 33.4 Å². The number of fused-ring (bicyclic) bond motifs is 5. The molecule has 218 valence electrons. The van der Waals surface area contributed by atoms with Gasteiger partial charge in [-0.2, -0.15) is 8.42 Å². The van der Waals surface area contributed by atoms with Crippen molar-refractivity contribution in [3.63, 3.8) is 0 Å². The van der Waals surface area contributed by atoms with Crippen LogP contribution < -0.4 is 0 Å². The normalized spacial score (nSPS) is 37.0. The number of aliphatic hydroxyl groups is 1. The largest absolute Gasteiger partial charge is 0.509 e. The zero-order valence-corrected chi connectivity index (χ0v) is 24.4. The molecule has 1 N–H and O–H groups in total. The summed E-state index contributed by atoms with van der Waals surface area (Å²) in [6, 6.07) is 5.35. The molecule has 3 fully saturated rings. The van der Waals surface area contributed by atoms with Gasteiger partial charge in [-0.05, 0) is 92.0 Å². The van der Waals surface area contributed by atoms with Crippen molar-refractivity contribution in [2.24, 2.45) is 28.6 Å². The third-order valence-corrected chi connectivity index (χ3v) is 11.9. The van der Waals surface area contributed by atoms with Crippen LogP contribution in [0.25, 0.3) is 0 Å². The summed E-state index contributed by atoms with van der Waals surface area (Å²) in [5.41, 5.74) is -1.98. The predicted octanol–water partition coefficient (Wildman–Crippen LogP) is 4.64. The van der Waals surface area contributed by atoms with E-state index in [1.807, 2.05) is 6.92 Å². The lowest BCUT2D eigenvalue weighted by Crippen LogP contribution is -2.63. The minimum atomic E-state index is -4.30. The summed E-state index contributed by atoms with van der Waals surface area (Å²) >= 11 is 5.86. The Kier molecular flexibility index (Phi) is 7.47. The number of hydrogen-bond acceptors (Lipinski definition) is 9. The van der Waals surface area contributed by atoms with Crippen molar-refractivity contribution in [3.05, 3.63) is 40.9 Å². The SMILES string of the molecule is COC(=O)O[C@]1(C(=O)COS(=O)(=O)c2ccc(Cl)cc2)CC[C@H]2[C@@H]3CCC4=CC(=O)CC[C@]4(C)[C@H]3[C@@H](O)C[C@@]21C. The zero-order chi connectivity index (χ0) is 29.1. The molecule has 11 heteroatoms. The highest BCUT2D eigenvalue weighted by molar-refractivity contribution is 7.86. The molecule has 0 unspecified atom stereocenters. The second-order valence-electron chi connectivity index (χ2n) is 12.1. The van der Waals surface area contributed by atoms with E-state index in [4.69, 9.17) is 25.3 Å². The minimum absolute atomic E-state index is 0.0266. The van der Waals surface area contributed by atoms with Gasteiger partial charge in [0, 0.05) is 16.9 Å². The molecule has 1 aromatic rings. The Hall–Kier alpha value is -2.27. The summed E-state index contributed by atoms with van der Waals surface area (Å²) in [5.74, 6) is -0.745. The van der Waals surface area contributed by atoms with Crippen LogP contribution in [0.4, 0.5) is 4.79 Å². The van der Waals surface area contributed by atoms with Gasteiger partial charge in [0.15, 0.2) is 11.4 Å². The van der Waals surface area contributed by atoms with Crippen molar-refractivity contribution < 1.29 is 41.6 Å². The first-order valence-electron chi connectivity index (χ1n) is 13.6. The summed E-state index contributed by atoms with van der Waals surface area (Å²) in [6.07, 6.45) is 3.31. The van der Waals surface area contributed by atoms with Crippen LogP contribution in [0.2, 0.25) is 5.02 Å². The van der Waals surface area contributed by atoms with Crippen molar-refractivity contribution >= 4 is 39.4 Å². The highest BCUT2D eigenvalue weighted by Crippen LogP contribution is 2.68. The summed E-state index contributed by atoms with van der Waals surface area (Å²) in [4.78, 5) is 38.5. The quantitative estimate of drug-likeness (QED) is 0.369. The maximum atomic E-state index is 13.9. The summed E-state index contributed by atoms with van der Waals surface area (Å²) in [5, 5.41) is 12.0. The van der Waals surface area contributed by atoms with E-state index < -0.39 is 45.8 Å². The molecule has 7 atom stereocenters. The van der Waals surface area contributed by atoms with E-state index in [0.29, 0.717) is 24.3 Å². The first kappa shape index (κ1) is 29.2. The second-order valence-corrected chi connectivity index (χ2v) is 14.1. The first-order valence-corrected chi connectivity index (χ1v) is 15.4. The fraction of sp³-hybridized carbons (Fsp3) is 0.621. The Labute approximate surface area is 239 Å². The molecule has 40 heavy (non-hydrogen) atoms. The first-order chi connectivity index (χ1) is 18.8. The van der Waals surface area contributed by atoms with Gasteiger partial charge in [0.25, 0.3) is 10.1 Å². The van der Waals surface area contributed by atoms with Gasteiger partial charge < -0.3 is 14.6 Å². The number of Topliss-reactive ketones (excluding diaryl/α,β-unsaturated/α-hetero) is 1. The highest BCUT2D eigenvalue weighted by atomic mass is 35.5. The van der Waals surface area contributed by atoms with Crippen molar-refractivity contribution in [2.75, 3.05) is 13.7 Å². The number of allylic oxidation sites excluding steroid dienone is 1. The molecule has 1 aromatic carbocycles. The molecule has 0 heterocycles. The van der Waals surface area contributed by atoms with Crippen molar-refractivity contribution in [2.45, 2.75) is 75.4 Å². The Balaban J connectivity index is 1.46. The van der Waals surface area contributed by atoms with E-state index in [1.165, 1.54) is 24.3 Å². The van der Waals surface area contributed by atoms with E-state index in [-0.39, 0.29) is 46.7 Å². The number of hydrogen-bond donors (Lipinski definition) is 1. The summed E-state index contributed by atoms with van der Waals surface area (Å²) in [7, 11) is -3.16. The van der Waals surface area contributed by atoms with Gasteiger partial charge in [-0.25, -0.2) is 4.79 Å². The molecule has 9 nitrogen and oxygen atoms in total. The van der Waals surface area contributed by atoms with E-state index in [9.17, 15) is 27.9 Å². The number of methoxy groups -OCH3 is 1. The Morgan fingerprint density at radius 1 is 1.10 bits per heavy atom. The Bertz CT molecular complexity index is 1360. The fourth-order valence-electron chi connectivity index (χ4n) is 8.46. The average Bonchev–Trinajstić information content (AvgIpc) is 3.19. The Morgan fingerprint density at radius 2 is 1.80 bits per heavy atom. The van der Waals surface area contributed by atoms with Gasteiger partial charge in [0.05, 0.1) is 18.1 Å². The molecular formula is C29H35ClO9S. The molecule has 0 spiro atoms. The molecule has 4 aliphatic rings. The lowest BCUT2D eigenvalue weighted by atomic mass is 9.45. The van der Waals surface area contributed by atoms with Crippen LogP contribution in [0.3, 0.4) is 0 Å². The average molecular weight is 595 g/mol. The molecule has 0 amide bonds. The van der Waals surface area contributed by atoms with Crippen LogP contribution in [0.15, 0.2) is 40.8 Å². The molecule has 0 aliphatic heterocycles. The number of benzene rings is 1. The summed E-state index contributed by atoms with van der Waals surface area (Å²) < 4.78 is 41.4. The zero-order valence-electron chi connectivity index (χ0n) is 22.9. The smallest absolute Gasteiger partial charge is 0.438 e. The van der Waals surface area contributed by atoms with Crippen molar-refractivity contribution in [1.29, 1.82) is 0 Å². The lowest BCUT2D eigenvalue weighted by Gasteiger charge is -2.60. The third-order valence-electron chi connectivity index (χ3n) is 10.3. The number of ketones is 2. The van der Waals surface area contributed by atoms with E-state index in [1.54, 1.807) is 6.08 Å². The number of carbonyl (C=O) groups is 3. The standard InChI is InChI=1S/C29H35ClO9S/c1-27-12-10-19(31)14-17(27)4-9-21-22-11-13-29(39-26(34)37-3,28(22,2)15-23(32)25(21)27)24(33)16-38-40(35,36)20-7-5-18(30)6-8-20/h5-8,14,21-23,25,32H,4,9-13,15-16H2,1-3H3/t21-,22-,23-,25+,27-,28-,29-/m0/s1. The molecule has 0 aromatic heterocycles. The number of carbonyl (C=O) groups excluding carboxylic acids is 3. The van der Waals surface area contributed by atoms with Crippen LogP contribution in [0, 0.1) is 28.6 Å². The van der Waals surface area contributed by atoms with Gasteiger partial charge >= 0.3 is 6.16 Å². The lowest BCUT2D eigenvalue weighted by molar-refractivity contribution is -0.185. The fourth-order valence-corrected chi connectivity index (χ4v) is 9.45. The second kappa shape index (κ2) is 10.2. The van der Waals surface area contributed by atoms with Gasteiger partial charge in [0.1, 0.15) is 6.61 Å². The maximum Gasteiger partial charge on any atom is 0.509 e. The van der Waals surface area contributed by atoms with Crippen molar-refractivity contribution in [3.8, 4) is 0 Å². The van der Waals surface area contributed by atoms with Crippen LogP contribution >= 0.6 is 11.6 Å². The molecule has 3 saturated carbocycles. The Morgan fingerprint density at radius 3 is 2.48 bits per heavy atom. The topological polar surface area (TPSA) is 133 Å². The molecule has 0 radical (unpaired) electrons. The van der Waals surface area contributed by atoms with Gasteiger partial charge in [0.2, 0.25) is 5.78 Å². The molecule has 5 rings (SSSR count). The predicted molar refractivity (Wildman–Crippen MR) is 144 cm³/mol. The van der Waals surface area contributed by atoms with E-state index >= 15 is 0 Å². The number of rotatable bonds is 6. The maximum absolute atomic E-state index is 13.9. The monoisotopic (exact) mass is 594 g/mol. The molecule has 0 saturated heterocycles. The molecule has 4 aliphatic carbocycles. The van der Waals surface area contributed by atoms with Crippen LogP contribution in [0.5, 0.6) is 0 Å². The molecule has 0 bridgehead atoms. The third kappa shape index (κ3) is 4.51. The number of halogens is 1. The number of ether oxygens (including phenoxy) is 2. The minimum Gasteiger partial charge on any atom is -0.438 e. The van der Waals surface area contributed by atoms with Gasteiger partial charge in [-0.1, -0.05) is 31.0 Å². The van der Waals surface area contributed by atoms with Crippen molar-refractivity contribution in [1.82, 2.24) is 0 Å². The van der Waals surface area contributed by atoms with Gasteiger partial charge in [-0.15, -0.1) is 0 Å². The molecular weight excluding hydrogens is 560 g/mol. The van der Waals surface area contributed by atoms with Crippen LogP contribution in [0.1, 0.15) is 58.8 Å². The van der Waals surface area contributed by atoms with Gasteiger partial charge in [-0.3, -0.25) is 13.8 Å².